The molecule has 0 N–H and O–H groups in total. The number of hydrogen-bond donors (Lipinski definition) is 0. The molecule has 0 aliphatic heterocycles. The van der Waals surface area contributed by atoms with Crippen LogP contribution in [-0.2, 0) is 4.79 Å². The smallest absolute Gasteiger partial charge is 0.207 e. The van der Waals surface area contributed by atoms with Crippen LogP contribution in [0, 0.1) is 5.82 Å². The van der Waals surface area contributed by atoms with E-state index in [1.54, 1.807) is 6.07 Å². The minimum atomic E-state index is -0.528. The van der Waals surface area contributed by atoms with Crippen molar-refractivity contribution in [1.82, 2.24) is 0 Å². The van der Waals surface area contributed by atoms with E-state index in [-0.39, 0.29) is 17.4 Å². The zero-order valence-corrected chi connectivity index (χ0v) is 9.62. The lowest BCUT2D eigenvalue weighted by Crippen LogP contribution is -2.02. The Morgan fingerprint density at radius 1 is 1.38 bits per heavy atom. The van der Waals surface area contributed by atoms with Crippen molar-refractivity contribution < 1.29 is 18.7 Å². The van der Waals surface area contributed by atoms with Gasteiger partial charge in [0.1, 0.15) is 6.29 Å². The summed E-state index contributed by atoms with van der Waals surface area (Å²) in [6.07, 6.45) is 1.15. The van der Waals surface area contributed by atoms with Crippen LogP contribution in [0.4, 0.5) is 4.39 Å². The first-order chi connectivity index (χ1) is 7.65. The first kappa shape index (κ1) is 12.5. The van der Waals surface area contributed by atoms with Gasteiger partial charge in [0.15, 0.2) is 11.5 Å². The van der Waals surface area contributed by atoms with Crippen molar-refractivity contribution in [2.24, 2.45) is 0 Å². The van der Waals surface area contributed by atoms with Crippen molar-refractivity contribution in [1.29, 1.82) is 0 Å². The van der Waals surface area contributed by atoms with Crippen molar-refractivity contribution in [2.45, 2.75) is 19.3 Å². The summed E-state index contributed by atoms with van der Waals surface area (Å²) in [5, 5.41) is 0. The number of rotatable bonds is 5. The largest absolute Gasteiger partial charge is 0.494 e. The zero-order valence-electron chi connectivity index (χ0n) is 9.62. The quantitative estimate of drug-likeness (QED) is 0.724. The summed E-state index contributed by atoms with van der Waals surface area (Å²) in [4.78, 5) is 10.4. The first-order valence-corrected chi connectivity index (χ1v) is 4.99. The van der Waals surface area contributed by atoms with Crippen molar-refractivity contribution >= 4 is 6.29 Å². The summed E-state index contributed by atoms with van der Waals surface area (Å²) < 4.78 is 23.7. The van der Waals surface area contributed by atoms with Crippen LogP contribution in [0.5, 0.6) is 11.5 Å². The van der Waals surface area contributed by atoms with Gasteiger partial charge in [-0.05, 0) is 12.0 Å². The lowest BCUT2D eigenvalue weighted by Gasteiger charge is -2.15. The summed E-state index contributed by atoms with van der Waals surface area (Å²) in [6.45, 7) is 1.85. The molecule has 0 amide bonds. The Bertz CT molecular complexity index is 377. The fraction of sp³-hybridized carbons (Fsp3) is 0.417. The normalized spacial score (nSPS) is 12.0. The number of carbonyl (C=O) groups excluding carboxylic acids is 1. The number of carbonyl (C=O) groups is 1. The highest BCUT2D eigenvalue weighted by Gasteiger charge is 2.18. The van der Waals surface area contributed by atoms with E-state index in [0.29, 0.717) is 12.0 Å². The number of halogens is 1. The second kappa shape index (κ2) is 5.49. The molecule has 0 heterocycles. The Balaban J connectivity index is 3.19. The van der Waals surface area contributed by atoms with E-state index in [0.717, 1.165) is 6.29 Å². The first-order valence-electron chi connectivity index (χ1n) is 4.99. The lowest BCUT2D eigenvalue weighted by atomic mass is 9.97. The van der Waals surface area contributed by atoms with Crippen molar-refractivity contribution in [3.05, 3.63) is 23.5 Å². The summed E-state index contributed by atoms with van der Waals surface area (Å²) >= 11 is 0. The minimum Gasteiger partial charge on any atom is -0.494 e. The molecule has 0 aliphatic carbocycles. The highest BCUT2D eigenvalue weighted by Crippen LogP contribution is 2.35. The summed E-state index contributed by atoms with van der Waals surface area (Å²) in [7, 11) is 2.79. The van der Waals surface area contributed by atoms with Gasteiger partial charge in [0.05, 0.1) is 14.2 Å². The molecule has 1 aromatic carbocycles. The molecular weight excluding hydrogens is 211 g/mol. The average molecular weight is 226 g/mol. The monoisotopic (exact) mass is 226 g/mol. The molecule has 1 rings (SSSR count). The van der Waals surface area contributed by atoms with E-state index in [4.69, 9.17) is 9.47 Å². The van der Waals surface area contributed by atoms with E-state index in [1.165, 1.54) is 20.3 Å². The van der Waals surface area contributed by atoms with Gasteiger partial charge in [-0.2, -0.15) is 4.39 Å². The van der Waals surface area contributed by atoms with E-state index < -0.39 is 5.82 Å². The molecule has 0 fully saturated rings. The maximum atomic E-state index is 13.8. The molecule has 0 saturated heterocycles. The fourth-order valence-electron chi connectivity index (χ4n) is 1.58. The standard InChI is InChI=1S/C12H15FO3/c1-8(6-7-14)9-4-5-10(15-2)11(13)12(9)16-3/h4-5,7-8H,6H2,1-3H3. The predicted octanol–water partition coefficient (Wildman–Crippen LogP) is 2.54. The fourth-order valence-corrected chi connectivity index (χ4v) is 1.58. The topological polar surface area (TPSA) is 35.5 Å². The van der Waals surface area contributed by atoms with Crippen LogP contribution >= 0.6 is 0 Å². The molecule has 0 aliphatic rings. The van der Waals surface area contributed by atoms with Gasteiger partial charge < -0.3 is 14.3 Å². The molecule has 4 heteroatoms. The number of hydrogen-bond acceptors (Lipinski definition) is 3. The van der Waals surface area contributed by atoms with Gasteiger partial charge in [-0.15, -0.1) is 0 Å². The molecule has 0 radical (unpaired) electrons. The SMILES string of the molecule is COc1ccc(C(C)CC=O)c(OC)c1F. The molecule has 88 valence electrons. The van der Waals surface area contributed by atoms with Crippen LogP contribution < -0.4 is 9.47 Å². The highest BCUT2D eigenvalue weighted by molar-refractivity contribution is 5.53. The summed E-state index contributed by atoms with van der Waals surface area (Å²) in [6, 6.07) is 3.25. The van der Waals surface area contributed by atoms with Crippen LogP contribution in [0.25, 0.3) is 0 Å². The van der Waals surface area contributed by atoms with E-state index in [1.807, 2.05) is 6.92 Å². The van der Waals surface area contributed by atoms with Crippen molar-refractivity contribution in [3.8, 4) is 11.5 Å². The Morgan fingerprint density at radius 2 is 2.06 bits per heavy atom. The molecule has 3 nitrogen and oxygen atoms in total. The molecule has 16 heavy (non-hydrogen) atoms. The Kier molecular flexibility index (Phi) is 4.28. The van der Waals surface area contributed by atoms with Crippen LogP contribution in [-0.4, -0.2) is 20.5 Å². The van der Waals surface area contributed by atoms with Crippen LogP contribution in [0.15, 0.2) is 12.1 Å². The Hall–Kier alpha value is -1.58. The van der Waals surface area contributed by atoms with Crippen LogP contribution in [0.3, 0.4) is 0 Å². The van der Waals surface area contributed by atoms with Gasteiger partial charge in [-0.25, -0.2) is 0 Å². The number of benzene rings is 1. The van der Waals surface area contributed by atoms with Crippen LogP contribution in [0.2, 0.25) is 0 Å². The number of aldehydes is 1. The molecule has 1 atom stereocenters. The third kappa shape index (κ3) is 2.32. The van der Waals surface area contributed by atoms with Gasteiger partial charge in [-0.1, -0.05) is 13.0 Å². The third-order valence-electron chi connectivity index (χ3n) is 2.50. The van der Waals surface area contributed by atoms with Gasteiger partial charge in [-0.3, -0.25) is 0 Å². The van der Waals surface area contributed by atoms with Gasteiger partial charge in [0.2, 0.25) is 5.82 Å². The minimum absolute atomic E-state index is 0.0761. The Morgan fingerprint density at radius 3 is 2.56 bits per heavy atom. The molecule has 0 saturated carbocycles. The third-order valence-corrected chi connectivity index (χ3v) is 2.50. The van der Waals surface area contributed by atoms with E-state index in [9.17, 15) is 9.18 Å². The molecule has 0 spiro atoms. The predicted molar refractivity (Wildman–Crippen MR) is 58.6 cm³/mol. The highest BCUT2D eigenvalue weighted by atomic mass is 19.1. The van der Waals surface area contributed by atoms with Gasteiger partial charge in [0, 0.05) is 12.0 Å². The Labute approximate surface area is 94.2 Å². The van der Waals surface area contributed by atoms with Crippen molar-refractivity contribution in [3.63, 3.8) is 0 Å². The van der Waals surface area contributed by atoms with Crippen molar-refractivity contribution in [2.75, 3.05) is 14.2 Å². The zero-order chi connectivity index (χ0) is 12.1. The second-order valence-electron chi connectivity index (χ2n) is 3.51. The molecule has 1 unspecified atom stereocenters. The molecule has 0 bridgehead atoms. The van der Waals surface area contributed by atoms with Gasteiger partial charge in [0.25, 0.3) is 0 Å². The number of ether oxygens (including phenoxy) is 2. The molecule has 0 aromatic heterocycles. The van der Waals surface area contributed by atoms with Crippen LogP contribution in [0.1, 0.15) is 24.8 Å². The van der Waals surface area contributed by atoms with Gasteiger partial charge >= 0.3 is 0 Å². The number of methoxy groups -OCH3 is 2. The summed E-state index contributed by atoms with van der Waals surface area (Å²) in [5.74, 6) is -0.319. The molecular formula is C12H15FO3. The summed E-state index contributed by atoms with van der Waals surface area (Å²) in [5.41, 5.74) is 0.674. The lowest BCUT2D eigenvalue weighted by molar-refractivity contribution is -0.108. The van der Waals surface area contributed by atoms with E-state index >= 15 is 0 Å². The maximum Gasteiger partial charge on any atom is 0.207 e. The van der Waals surface area contributed by atoms with E-state index in [2.05, 4.69) is 0 Å². The second-order valence-corrected chi connectivity index (χ2v) is 3.51. The molecule has 1 aromatic rings. The average Bonchev–Trinajstić information content (AvgIpc) is 2.28. The maximum absolute atomic E-state index is 13.8.